The Bertz CT molecular complexity index is 1080. The molecule has 0 radical (unpaired) electrons. The number of rotatable bonds is 12. The van der Waals surface area contributed by atoms with Crippen LogP contribution >= 0.6 is 11.8 Å². The first-order valence-electron chi connectivity index (χ1n) is 10.5. The Morgan fingerprint density at radius 1 is 1.12 bits per heavy atom. The van der Waals surface area contributed by atoms with E-state index in [9.17, 15) is 19.5 Å². The Hall–Kier alpha value is -3.31. The van der Waals surface area contributed by atoms with E-state index in [4.69, 9.17) is 5.73 Å². The molecular formula is C22H28N6O4S. The number of nitrogens with zero attached hydrogens (tertiary/aromatic N) is 1. The SMILES string of the molecule is CSCC[C@H](N)C(=O)N[C@@H](Cc1cnc[nH]1)C(=O)N[C@@H](Cc1c[nH]c2ccccc12)C(=O)O. The molecule has 176 valence electrons. The van der Waals surface area contributed by atoms with Crippen molar-refractivity contribution in [3.05, 3.63) is 54.2 Å². The number of hydrogen-bond acceptors (Lipinski definition) is 6. The second-order valence-corrected chi connectivity index (χ2v) is 8.68. The summed E-state index contributed by atoms with van der Waals surface area (Å²) in [6.07, 6.45) is 7.33. The Morgan fingerprint density at radius 3 is 2.58 bits per heavy atom. The Balaban J connectivity index is 1.73. The molecule has 3 aromatic rings. The van der Waals surface area contributed by atoms with Crippen molar-refractivity contribution in [3.8, 4) is 0 Å². The van der Waals surface area contributed by atoms with Crippen LogP contribution in [0, 0.1) is 0 Å². The number of para-hydroxylation sites is 1. The van der Waals surface area contributed by atoms with Crippen molar-refractivity contribution in [1.82, 2.24) is 25.6 Å². The fourth-order valence-electron chi connectivity index (χ4n) is 3.47. The number of thioether (sulfide) groups is 1. The van der Waals surface area contributed by atoms with Crippen LogP contribution in [0.2, 0.25) is 0 Å². The van der Waals surface area contributed by atoms with Crippen LogP contribution in [0.1, 0.15) is 17.7 Å². The number of amides is 2. The molecule has 0 unspecified atom stereocenters. The van der Waals surface area contributed by atoms with Crippen molar-refractivity contribution in [2.75, 3.05) is 12.0 Å². The van der Waals surface area contributed by atoms with Crippen LogP contribution in [-0.2, 0) is 27.2 Å². The van der Waals surface area contributed by atoms with E-state index < -0.39 is 35.9 Å². The average Bonchev–Trinajstić information content (AvgIpc) is 3.46. The van der Waals surface area contributed by atoms with Crippen molar-refractivity contribution >= 4 is 40.4 Å². The van der Waals surface area contributed by atoms with E-state index in [1.807, 2.05) is 30.5 Å². The van der Waals surface area contributed by atoms with Crippen molar-refractivity contribution in [2.24, 2.45) is 5.73 Å². The molecule has 2 amide bonds. The fourth-order valence-corrected chi connectivity index (χ4v) is 3.96. The third-order valence-corrected chi connectivity index (χ3v) is 5.94. The van der Waals surface area contributed by atoms with Gasteiger partial charge in [-0.2, -0.15) is 11.8 Å². The van der Waals surface area contributed by atoms with E-state index in [1.165, 1.54) is 6.33 Å². The zero-order valence-electron chi connectivity index (χ0n) is 18.2. The number of aliphatic carboxylic acids is 1. The summed E-state index contributed by atoms with van der Waals surface area (Å²) in [6, 6.07) is 4.57. The van der Waals surface area contributed by atoms with Gasteiger partial charge in [-0.3, -0.25) is 9.59 Å². The highest BCUT2D eigenvalue weighted by atomic mass is 32.2. The van der Waals surface area contributed by atoms with Gasteiger partial charge in [0.1, 0.15) is 12.1 Å². The van der Waals surface area contributed by atoms with Crippen LogP contribution in [-0.4, -0.2) is 68.0 Å². The maximum Gasteiger partial charge on any atom is 0.326 e. The average molecular weight is 473 g/mol. The van der Waals surface area contributed by atoms with Gasteiger partial charge in [-0.1, -0.05) is 18.2 Å². The summed E-state index contributed by atoms with van der Waals surface area (Å²) in [5, 5.41) is 15.9. The minimum Gasteiger partial charge on any atom is -0.480 e. The standard InChI is InChI=1S/C22H28N6O4S/c1-33-7-6-16(23)20(29)27-18(9-14-11-24-12-26-14)21(30)28-19(22(31)32)8-13-10-25-17-5-3-2-4-15(13)17/h2-5,10-12,16,18-19,25H,6-9,23H2,1H3,(H,24,26)(H,27,29)(H,28,30)(H,31,32)/t16-,18-,19-/m0/s1. The molecule has 3 atom stereocenters. The Kier molecular flexibility index (Phi) is 8.50. The molecule has 0 spiro atoms. The maximum atomic E-state index is 13.1. The van der Waals surface area contributed by atoms with Crippen molar-refractivity contribution in [2.45, 2.75) is 37.4 Å². The number of imidazole rings is 1. The number of carboxylic acid groups (broad SMARTS) is 1. The van der Waals surface area contributed by atoms with E-state index in [2.05, 4.69) is 25.6 Å². The number of carbonyl (C=O) groups is 3. The molecule has 0 saturated carbocycles. The first kappa shape index (κ1) is 24.3. The van der Waals surface area contributed by atoms with Crippen molar-refractivity contribution < 1.29 is 19.5 Å². The lowest BCUT2D eigenvalue weighted by Gasteiger charge is -2.22. The fraction of sp³-hybridized carbons (Fsp3) is 0.364. The number of nitrogens with one attached hydrogen (secondary N) is 4. The van der Waals surface area contributed by atoms with Gasteiger partial charge in [-0.25, -0.2) is 9.78 Å². The highest BCUT2D eigenvalue weighted by Gasteiger charge is 2.29. The topological polar surface area (TPSA) is 166 Å². The van der Waals surface area contributed by atoms with Gasteiger partial charge in [0.05, 0.1) is 12.4 Å². The molecule has 11 heteroatoms. The molecular weight excluding hydrogens is 444 g/mol. The summed E-state index contributed by atoms with van der Waals surface area (Å²) in [4.78, 5) is 47.5. The molecule has 0 fully saturated rings. The highest BCUT2D eigenvalue weighted by Crippen LogP contribution is 2.19. The number of nitrogens with two attached hydrogens (primary N) is 1. The van der Waals surface area contributed by atoms with Crippen molar-refractivity contribution in [3.63, 3.8) is 0 Å². The minimum atomic E-state index is -1.18. The monoisotopic (exact) mass is 472 g/mol. The van der Waals surface area contributed by atoms with Gasteiger partial charge < -0.3 is 31.4 Å². The summed E-state index contributed by atoms with van der Waals surface area (Å²) in [7, 11) is 0. The number of hydrogen-bond donors (Lipinski definition) is 6. The third kappa shape index (κ3) is 6.59. The van der Waals surface area contributed by atoms with Crippen LogP contribution in [0.25, 0.3) is 10.9 Å². The number of carboxylic acids is 1. The van der Waals surface area contributed by atoms with E-state index in [-0.39, 0.29) is 12.8 Å². The zero-order valence-corrected chi connectivity index (χ0v) is 19.0. The van der Waals surface area contributed by atoms with E-state index in [1.54, 1.807) is 24.2 Å². The number of aromatic nitrogens is 3. The minimum absolute atomic E-state index is 0.0864. The first-order chi connectivity index (χ1) is 15.9. The molecule has 2 aromatic heterocycles. The molecule has 2 heterocycles. The number of H-pyrrole nitrogens is 2. The van der Waals surface area contributed by atoms with E-state index >= 15 is 0 Å². The molecule has 1 aromatic carbocycles. The number of fused-ring (bicyclic) bond motifs is 1. The van der Waals surface area contributed by atoms with Crippen LogP contribution in [0.15, 0.2) is 43.0 Å². The quantitative estimate of drug-likeness (QED) is 0.227. The molecule has 0 aliphatic rings. The van der Waals surface area contributed by atoms with E-state index in [0.717, 1.165) is 16.5 Å². The number of carbonyl (C=O) groups excluding carboxylic acids is 2. The summed E-state index contributed by atoms with van der Waals surface area (Å²) < 4.78 is 0. The molecule has 33 heavy (non-hydrogen) atoms. The lowest BCUT2D eigenvalue weighted by molar-refractivity contribution is -0.142. The van der Waals surface area contributed by atoms with Gasteiger partial charge in [0.2, 0.25) is 11.8 Å². The molecule has 0 bridgehead atoms. The molecule has 3 rings (SSSR count). The lowest BCUT2D eigenvalue weighted by atomic mass is 10.0. The third-order valence-electron chi connectivity index (χ3n) is 5.30. The summed E-state index contributed by atoms with van der Waals surface area (Å²) in [5.74, 6) is -1.54. The number of benzene rings is 1. The predicted molar refractivity (Wildman–Crippen MR) is 127 cm³/mol. The largest absolute Gasteiger partial charge is 0.480 e. The molecule has 0 aliphatic carbocycles. The van der Waals surface area contributed by atoms with Crippen LogP contribution in [0.5, 0.6) is 0 Å². The van der Waals surface area contributed by atoms with Crippen LogP contribution in [0.4, 0.5) is 0 Å². The van der Waals surface area contributed by atoms with E-state index in [0.29, 0.717) is 17.9 Å². The summed E-state index contributed by atoms with van der Waals surface area (Å²) in [5.41, 5.74) is 8.22. The molecule has 7 N–H and O–H groups in total. The molecule has 0 aliphatic heterocycles. The Morgan fingerprint density at radius 2 is 1.88 bits per heavy atom. The second-order valence-electron chi connectivity index (χ2n) is 7.69. The van der Waals surface area contributed by atoms with Crippen LogP contribution in [0.3, 0.4) is 0 Å². The van der Waals surface area contributed by atoms with Gasteiger partial charge in [-0.05, 0) is 30.1 Å². The second kappa shape index (κ2) is 11.5. The number of aromatic amines is 2. The normalized spacial score (nSPS) is 13.9. The summed E-state index contributed by atoms with van der Waals surface area (Å²) >= 11 is 1.57. The first-order valence-corrected chi connectivity index (χ1v) is 11.9. The van der Waals surface area contributed by atoms with Gasteiger partial charge >= 0.3 is 5.97 Å². The predicted octanol–water partition coefficient (Wildman–Crippen LogP) is 0.811. The van der Waals surface area contributed by atoms with Crippen LogP contribution < -0.4 is 16.4 Å². The maximum absolute atomic E-state index is 13.1. The van der Waals surface area contributed by atoms with Gasteiger partial charge in [0, 0.05) is 41.8 Å². The summed E-state index contributed by atoms with van der Waals surface area (Å²) in [6.45, 7) is 0. The van der Waals surface area contributed by atoms with Gasteiger partial charge in [0.25, 0.3) is 0 Å². The van der Waals surface area contributed by atoms with Crippen molar-refractivity contribution in [1.29, 1.82) is 0 Å². The lowest BCUT2D eigenvalue weighted by Crippen LogP contribution is -2.55. The highest BCUT2D eigenvalue weighted by molar-refractivity contribution is 7.98. The molecule has 0 saturated heterocycles. The molecule has 10 nitrogen and oxygen atoms in total. The smallest absolute Gasteiger partial charge is 0.326 e. The zero-order chi connectivity index (χ0) is 23.8. The van der Waals surface area contributed by atoms with Gasteiger partial charge in [-0.15, -0.1) is 0 Å². The Labute approximate surface area is 195 Å². The van der Waals surface area contributed by atoms with Gasteiger partial charge in [0.15, 0.2) is 0 Å².